The summed E-state index contributed by atoms with van der Waals surface area (Å²) in [5.41, 5.74) is 3.57. The lowest BCUT2D eigenvalue weighted by Gasteiger charge is -2.23. The molecule has 160 valence electrons. The Hall–Kier alpha value is -3.84. The molecule has 1 amide bonds. The number of nitrogens with zero attached hydrogens (tertiary/aromatic N) is 4. The van der Waals surface area contributed by atoms with Gasteiger partial charge in [0.25, 0.3) is 0 Å². The number of rotatable bonds is 6. The molecule has 2 N–H and O–H groups in total. The van der Waals surface area contributed by atoms with Crippen molar-refractivity contribution >= 4 is 34.0 Å². The van der Waals surface area contributed by atoms with Crippen LogP contribution in [0.1, 0.15) is 24.6 Å². The molecule has 5 rings (SSSR count). The molecule has 32 heavy (non-hydrogen) atoms. The van der Waals surface area contributed by atoms with E-state index in [0.29, 0.717) is 6.54 Å². The van der Waals surface area contributed by atoms with Crippen LogP contribution in [-0.2, 0) is 4.79 Å². The highest BCUT2D eigenvalue weighted by molar-refractivity contribution is 5.94. The summed E-state index contributed by atoms with van der Waals surface area (Å²) in [5, 5.41) is 7.28. The number of nitrogens with one attached hydrogen (secondary N) is 2. The Morgan fingerprint density at radius 3 is 2.72 bits per heavy atom. The minimum Gasteiger partial charge on any atom is -0.339 e. The number of likely N-dealkylation sites (tertiary alicyclic amines) is 1. The summed E-state index contributed by atoms with van der Waals surface area (Å²) in [7, 11) is 0. The summed E-state index contributed by atoms with van der Waals surface area (Å²) < 4.78 is 0. The van der Waals surface area contributed by atoms with Gasteiger partial charge in [-0.25, -0.2) is 4.98 Å². The number of anilines is 3. The van der Waals surface area contributed by atoms with E-state index in [2.05, 4.69) is 30.5 Å². The molecule has 0 saturated carbocycles. The van der Waals surface area contributed by atoms with Crippen LogP contribution in [0.15, 0.2) is 79.3 Å². The van der Waals surface area contributed by atoms with Crippen molar-refractivity contribution < 1.29 is 4.79 Å². The monoisotopic (exact) mass is 424 g/mol. The van der Waals surface area contributed by atoms with E-state index in [0.717, 1.165) is 53.2 Å². The summed E-state index contributed by atoms with van der Waals surface area (Å²) in [5.74, 6) is 0.763. The molecule has 1 aliphatic rings. The molecular formula is C25H24N6O. The van der Waals surface area contributed by atoms with Crippen LogP contribution in [0, 0.1) is 0 Å². The van der Waals surface area contributed by atoms with Crippen LogP contribution >= 0.6 is 0 Å². The van der Waals surface area contributed by atoms with Crippen molar-refractivity contribution in [2.75, 3.05) is 23.7 Å². The SMILES string of the molecule is O=C(CN1CCCC1c1ccc(Nc2ccccn2)cn1)Nc1ccc2ncccc2c1. The Kier molecular flexibility index (Phi) is 5.72. The van der Waals surface area contributed by atoms with Crippen LogP contribution in [0.2, 0.25) is 0 Å². The summed E-state index contributed by atoms with van der Waals surface area (Å²) in [6, 6.07) is 19.6. The number of hydrogen-bond acceptors (Lipinski definition) is 6. The van der Waals surface area contributed by atoms with E-state index in [-0.39, 0.29) is 11.9 Å². The molecule has 0 aliphatic carbocycles. The highest BCUT2D eigenvalue weighted by atomic mass is 16.2. The van der Waals surface area contributed by atoms with E-state index < -0.39 is 0 Å². The third-order valence-corrected chi connectivity index (χ3v) is 5.66. The lowest BCUT2D eigenvalue weighted by Crippen LogP contribution is -2.33. The molecule has 0 radical (unpaired) electrons. The average molecular weight is 425 g/mol. The first-order chi connectivity index (χ1) is 15.7. The van der Waals surface area contributed by atoms with E-state index in [1.54, 1.807) is 12.4 Å². The molecule has 4 heterocycles. The maximum atomic E-state index is 12.7. The van der Waals surface area contributed by atoms with Gasteiger partial charge in [0.1, 0.15) is 5.82 Å². The molecular weight excluding hydrogens is 400 g/mol. The number of benzene rings is 1. The van der Waals surface area contributed by atoms with Gasteiger partial charge in [0.05, 0.1) is 35.7 Å². The zero-order valence-corrected chi connectivity index (χ0v) is 17.6. The fraction of sp³-hybridized carbons (Fsp3) is 0.200. The van der Waals surface area contributed by atoms with Crippen molar-refractivity contribution in [1.82, 2.24) is 19.9 Å². The molecule has 0 spiro atoms. The number of pyridine rings is 3. The number of carbonyl (C=O) groups excluding carboxylic acids is 1. The van der Waals surface area contributed by atoms with Gasteiger partial charge in [-0.2, -0.15) is 0 Å². The maximum absolute atomic E-state index is 12.7. The molecule has 7 heteroatoms. The maximum Gasteiger partial charge on any atom is 0.238 e. The fourth-order valence-corrected chi connectivity index (χ4v) is 4.15. The van der Waals surface area contributed by atoms with Crippen LogP contribution in [0.25, 0.3) is 10.9 Å². The molecule has 7 nitrogen and oxygen atoms in total. The predicted octanol–water partition coefficient (Wildman–Crippen LogP) is 4.54. The topological polar surface area (TPSA) is 83.0 Å². The largest absolute Gasteiger partial charge is 0.339 e. The van der Waals surface area contributed by atoms with Crippen LogP contribution in [-0.4, -0.2) is 38.8 Å². The summed E-state index contributed by atoms with van der Waals surface area (Å²) in [6.07, 6.45) is 7.39. The van der Waals surface area contributed by atoms with Crippen LogP contribution in [0.5, 0.6) is 0 Å². The third kappa shape index (κ3) is 4.58. The molecule has 1 atom stereocenters. The van der Waals surface area contributed by atoms with Crippen LogP contribution < -0.4 is 10.6 Å². The number of carbonyl (C=O) groups is 1. The smallest absolute Gasteiger partial charge is 0.238 e. The van der Waals surface area contributed by atoms with Gasteiger partial charge in [-0.05, 0) is 67.9 Å². The fourth-order valence-electron chi connectivity index (χ4n) is 4.15. The quantitative estimate of drug-likeness (QED) is 0.473. The van der Waals surface area contributed by atoms with Crippen molar-refractivity contribution in [1.29, 1.82) is 0 Å². The van der Waals surface area contributed by atoms with E-state index in [4.69, 9.17) is 0 Å². The van der Waals surface area contributed by atoms with Gasteiger partial charge in [-0.15, -0.1) is 0 Å². The Morgan fingerprint density at radius 1 is 0.969 bits per heavy atom. The van der Waals surface area contributed by atoms with Gasteiger partial charge in [0.2, 0.25) is 5.91 Å². The molecule has 1 aliphatic heterocycles. The van der Waals surface area contributed by atoms with Crippen molar-refractivity contribution in [3.63, 3.8) is 0 Å². The molecule has 1 aromatic carbocycles. The first kappa shape index (κ1) is 20.1. The number of aromatic nitrogens is 3. The summed E-state index contributed by atoms with van der Waals surface area (Å²) >= 11 is 0. The van der Waals surface area contributed by atoms with Crippen LogP contribution in [0.3, 0.4) is 0 Å². The Bertz CT molecular complexity index is 1210. The van der Waals surface area contributed by atoms with Gasteiger partial charge < -0.3 is 10.6 Å². The Morgan fingerprint density at radius 2 is 1.88 bits per heavy atom. The Balaban J connectivity index is 1.22. The van der Waals surface area contributed by atoms with Crippen molar-refractivity contribution in [2.45, 2.75) is 18.9 Å². The third-order valence-electron chi connectivity index (χ3n) is 5.66. The molecule has 1 fully saturated rings. The van der Waals surface area contributed by atoms with Gasteiger partial charge >= 0.3 is 0 Å². The first-order valence-corrected chi connectivity index (χ1v) is 10.8. The van der Waals surface area contributed by atoms with Gasteiger partial charge in [0.15, 0.2) is 0 Å². The molecule has 4 aromatic rings. The summed E-state index contributed by atoms with van der Waals surface area (Å²) in [4.78, 5) is 28.2. The van der Waals surface area contributed by atoms with E-state index in [1.165, 1.54) is 0 Å². The van der Waals surface area contributed by atoms with Crippen molar-refractivity contribution in [3.05, 3.63) is 84.9 Å². The number of hydrogen-bond donors (Lipinski definition) is 2. The number of fused-ring (bicyclic) bond motifs is 1. The van der Waals surface area contributed by atoms with Gasteiger partial charge in [-0.1, -0.05) is 12.1 Å². The van der Waals surface area contributed by atoms with Crippen molar-refractivity contribution in [2.24, 2.45) is 0 Å². The molecule has 1 saturated heterocycles. The predicted molar refractivity (Wildman–Crippen MR) is 126 cm³/mol. The zero-order valence-electron chi connectivity index (χ0n) is 17.6. The highest BCUT2D eigenvalue weighted by Crippen LogP contribution is 2.31. The molecule has 3 aromatic heterocycles. The Labute approximate surface area is 186 Å². The van der Waals surface area contributed by atoms with E-state index in [9.17, 15) is 4.79 Å². The highest BCUT2D eigenvalue weighted by Gasteiger charge is 2.28. The van der Waals surface area contributed by atoms with Gasteiger partial charge in [0, 0.05) is 23.5 Å². The second-order valence-corrected chi connectivity index (χ2v) is 7.90. The minimum absolute atomic E-state index is 0.0198. The van der Waals surface area contributed by atoms with Crippen LogP contribution in [0.4, 0.5) is 17.2 Å². The second-order valence-electron chi connectivity index (χ2n) is 7.90. The minimum atomic E-state index is -0.0198. The lowest BCUT2D eigenvalue weighted by atomic mass is 10.1. The molecule has 1 unspecified atom stereocenters. The summed E-state index contributed by atoms with van der Waals surface area (Å²) in [6.45, 7) is 1.22. The average Bonchev–Trinajstić information content (AvgIpc) is 3.28. The zero-order chi connectivity index (χ0) is 21.8. The first-order valence-electron chi connectivity index (χ1n) is 10.8. The van der Waals surface area contributed by atoms with Crippen molar-refractivity contribution in [3.8, 4) is 0 Å². The number of amides is 1. The normalized spacial score (nSPS) is 16.2. The standard InChI is InChI=1S/C25H24N6O/c32-25(30-19-8-10-21-18(15-19)5-3-13-26-21)17-31-14-4-6-23(31)22-11-9-20(16-28-22)29-24-7-1-2-12-27-24/h1-3,5,7-13,15-16,23H,4,6,14,17H2,(H,27,29)(H,30,32). The van der Waals surface area contributed by atoms with E-state index in [1.807, 2.05) is 66.9 Å². The second kappa shape index (κ2) is 9.11. The van der Waals surface area contributed by atoms with E-state index >= 15 is 0 Å². The molecule has 0 bridgehead atoms. The van der Waals surface area contributed by atoms with Gasteiger partial charge in [-0.3, -0.25) is 19.7 Å². The lowest BCUT2D eigenvalue weighted by molar-refractivity contribution is -0.117.